The summed E-state index contributed by atoms with van der Waals surface area (Å²) in [5.74, 6) is 0. The lowest BCUT2D eigenvalue weighted by atomic mass is 10.1. The molecule has 14 heavy (non-hydrogen) atoms. The Labute approximate surface area is 81.0 Å². The maximum absolute atomic E-state index is 12.5. The van der Waals surface area contributed by atoms with Crippen molar-refractivity contribution >= 4 is 0 Å². The summed E-state index contributed by atoms with van der Waals surface area (Å²) in [6.07, 6.45) is -3.62. The van der Waals surface area contributed by atoms with Gasteiger partial charge in [0.25, 0.3) is 0 Å². The number of hydrogen-bond donors (Lipinski definition) is 1. The van der Waals surface area contributed by atoms with E-state index in [0.29, 0.717) is 19.6 Å². The van der Waals surface area contributed by atoms with Crippen molar-refractivity contribution in [3.8, 4) is 0 Å². The van der Waals surface area contributed by atoms with Gasteiger partial charge in [-0.2, -0.15) is 13.2 Å². The maximum atomic E-state index is 12.5. The highest BCUT2D eigenvalue weighted by atomic mass is 19.4. The molecule has 0 aromatic carbocycles. The molecule has 1 rings (SSSR count). The minimum absolute atomic E-state index is 0.162. The molecule has 0 aliphatic carbocycles. The van der Waals surface area contributed by atoms with Crippen LogP contribution in [0.5, 0.6) is 0 Å². The number of hydrogen-bond acceptors (Lipinski definition) is 3. The van der Waals surface area contributed by atoms with E-state index in [-0.39, 0.29) is 6.04 Å². The van der Waals surface area contributed by atoms with Gasteiger partial charge in [-0.15, -0.1) is 0 Å². The normalized spacial score (nSPS) is 25.7. The molecule has 0 aromatic heterocycles. The Bertz CT molecular complexity index is 180. The fourth-order valence-electron chi connectivity index (χ4n) is 1.63. The Morgan fingerprint density at radius 2 is 2.21 bits per heavy atom. The molecule has 2 N–H and O–H groups in total. The van der Waals surface area contributed by atoms with Gasteiger partial charge in [-0.1, -0.05) is 0 Å². The molecule has 0 saturated carbocycles. The second-order valence-electron chi connectivity index (χ2n) is 3.48. The van der Waals surface area contributed by atoms with Gasteiger partial charge in [0.05, 0.1) is 6.61 Å². The van der Waals surface area contributed by atoms with Crippen LogP contribution in [-0.2, 0) is 4.74 Å². The number of nitrogens with two attached hydrogens (primary N) is 1. The summed E-state index contributed by atoms with van der Waals surface area (Å²) in [5, 5.41) is 0. The number of likely N-dealkylation sites (N-methyl/N-ethyl adjacent to an activating group) is 1. The van der Waals surface area contributed by atoms with Gasteiger partial charge in [-0.3, -0.25) is 4.90 Å². The minimum atomic E-state index is -4.26. The summed E-state index contributed by atoms with van der Waals surface area (Å²) in [4.78, 5) is 1.27. The molecule has 1 fully saturated rings. The molecule has 0 radical (unpaired) electrons. The third-order valence-electron chi connectivity index (χ3n) is 2.57. The molecule has 0 spiro atoms. The Morgan fingerprint density at radius 1 is 1.57 bits per heavy atom. The van der Waals surface area contributed by atoms with Gasteiger partial charge in [0.1, 0.15) is 6.04 Å². The van der Waals surface area contributed by atoms with E-state index < -0.39 is 18.8 Å². The highest BCUT2D eigenvalue weighted by molar-refractivity contribution is 4.84. The van der Waals surface area contributed by atoms with Gasteiger partial charge in [0.2, 0.25) is 0 Å². The fourth-order valence-corrected chi connectivity index (χ4v) is 1.63. The van der Waals surface area contributed by atoms with E-state index >= 15 is 0 Å². The molecule has 2 unspecified atom stereocenters. The van der Waals surface area contributed by atoms with Crippen LogP contribution in [0.15, 0.2) is 0 Å². The molecule has 0 bridgehead atoms. The molecular formula is C8H15F3N2O. The van der Waals surface area contributed by atoms with Crippen LogP contribution in [-0.4, -0.2) is 50.0 Å². The summed E-state index contributed by atoms with van der Waals surface area (Å²) in [7, 11) is 1.45. The average Bonchev–Trinajstić information content (AvgIpc) is 2.53. The third kappa shape index (κ3) is 2.59. The van der Waals surface area contributed by atoms with Crippen LogP contribution in [0.25, 0.3) is 0 Å². The first-order chi connectivity index (χ1) is 6.46. The summed E-state index contributed by atoms with van der Waals surface area (Å²) in [6.45, 7) is 0.490. The van der Waals surface area contributed by atoms with Crippen molar-refractivity contribution in [2.75, 3.05) is 26.8 Å². The zero-order chi connectivity index (χ0) is 10.8. The van der Waals surface area contributed by atoms with Gasteiger partial charge in [-0.05, 0) is 13.5 Å². The summed E-state index contributed by atoms with van der Waals surface area (Å²) < 4.78 is 42.4. The molecule has 0 amide bonds. The second-order valence-corrected chi connectivity index (χ2v) is 3.48. The van der Waals surface area contributed by atoms with Crippen LogP contribution in [0.3, 0.4) is 0 Å². The topological polar surface area (TPSA) is 38.5 Å². The zero-order valence-corrected chi connectivity index (χ0v) is 8.05. The van der Waals surface area contributed by atoms with Crippen molar-refractivity contribution in [1.82, 2.24) is 4.90 Å². The number of ether oxygens (including phenoxy) is 1. The third-order valence-corrected chi connectivity index (χ3v) is 2.57. The van der Waals surface area contributed by atoms with Gasteiger partial charge in [-0.25, -0.2) is 0 Å². The smallest absolute Gasteiger partial charge is 0.380 e. The Morgan fingerprint density at radius 3 is 2.57 bits per heavy atom. The molecule has 0 aromatic rings. The minimum Gasteiger partial charge on any atom is -0.380 e. The predicted molar refractivity (Wildman–Crippen MR) is 45.9 cm³/mol. The molecule has 2 atom stereocenters. The van der Waals surface area contributed by atoms with Crippen molar-refractivity contribution in [3.05, 3.63) is 0 Å². The maximum Gasteiger partial charge on any atom is 0.405 e. The molecule has 3 nitrogen and oxygen atoms in total. The summed E-state index contributed by atoms with van der Waals surface area (Å²) in [5.41, 5.74) is 5.12. The second kappa shape index (κ2) is 4.46. The first-order valence-electron chi connectivity index (χ1n) is 4.53. The number of rotatable bonds is 3. The fraction of sp³-hybridized carbons (Fsp3) is 1.00. The Balaban J connectivity index is 2.59. The lowest BCUT2D eigenvalue weighted by Gasteiger charge is -2.32. The molecule has 1 aliphatic heterocycles. The van der Waals surface area contributed by atoms with Crippen LogP contribution in [0.2, 0.25) is 0 Å². The van der Waals surface area contributed by atoms with Crippen LogP contribution in [0.4, 0.5) is 13.2 Å². The average molecular weight is 212 g/mol. The summed E-state index contributed by atoms with van der Waals surface area (Å²) >= 11 is 0. The van der Waals surface area contributed by atoms with Crippen molar-refractivity contribution < 1.29 is 17.9 Å². The van der Waals surface area contributed by atoms with Gasteiger partial charge in [0.15, 0.2) is 0 Å². The Kier molecular flexibility index (Phi) is 3.74. The highest BCUT2D eigenvalue weighted by Gasteiger charge is 2.43. The van der Waals surface area contributed by atoms with Gasteiger partial charge >= 0.3 is 6.18 Å². The molecule has 1 saturated heterocycles. The van der Waals surface area contributed by atoms with Crippen LogP contribution < -0.4 is 5.73 Å². The standard InChI is InChI=1S/C8H15F3N2O/c1-13(6-2-3-14-5-6)7(4-12)8(9,10)11/h6-7H,2-5,12H2,1H3. The van der Waals surface area contributed by atoms with E-state index in [1.165, 1.54) is 11.9 Å². The van der Waals surface area contributed by atoms with Crippen molar-refractivity contribution in [2.45, 2.75) is 24.7 Å². The number of nitrogens with zero attached hydrogens (tertiary/aromatic N) is 1. The monoisotopic (exact) mass is 212 g/mol. The van der Waals surface area contributed by atoms with Crippen LogP contribution in [0, 0.1) is 0 Å². The molecule has 1 aliphatic rings. The van der Waals surface area contributed by atoms with Gasteiger partial charge in [0, 0.05) is 19.2 Å². The molecule has 6 heteroatoms. The summed E-state index contributed by atoms with van der Waals surface area (Å²) in [6, 6.07) is -1.72. The van der Waals surface area contributed by atoms with Crippen LogP contribution in [0.1, 0.15) is 6.42 Å². The highest BCUT2D eigenvalue weighted by Crippen LogP contribution is 2.26. The number of halogens is 3. The van der Waals surface area contributed by atoms with E-state index in [2.05, 4.69) is 0 Å². The van der Waals surface area contributed by atoms with Crippen molar-refractivity contribution in [2.24, 2.45) is 5.73 Å². The van der Waals surface area contributed by atoms with E-state index in [1.807, 2.05) is 0 Å². The van der Waals surface area contributed by atoms with Crippen molar-refractivity contribution in [1.29, 1.82) is 0 Å². The van der Waals surface area contributed by atoms with Crippen LogP contribution >= 0.6 is 0 Å². The molecule has 84 valence electrons. The van der Waals surface area contributed by atoms with E-state index in [1.54, 1.807) is 0 Å². The molecular weight excluding hydrogens is 197 g/mol. The SMILES string of the molecule is CN(C1CCOC1)C(CN)C(F)(F)F. The predicted octanol–water partition coefficient (Wildman–Crippen LogP) is 0.597. The first kappa shape index (κ1) is 11.7. The first-order valence-corrected chi connectivity index (χ1v) is 4.53. The number of alkyl halides is 3. The lowest BCUT2D eigenvalue weighted by Crippen LogP contribution is -2.52. The zero-order valence-electron chi connectivity index (χ0n) is 8.05. The quantitative estimate of drug-likeness (QED) is 0.744. The molecule has 1 heterocycles. The lowest BCUT2D eigenvalue weighted by molar-refractivity contribution is -0.182. The van der Waals surface area contributed by atoms with Gasteiger partial charge < -0.3 is 10.5 Å². The van der Waals surface area contributed by atoms with Crippen molar-refractivity contribution in [3.63, 3.8) is 0 Å². The van der Waals surface area contributed by atoms with E-state index in [0.717, 1.165) is 0 Å². The van der Waals surface area contributed by atoms with E-state index in [9.17, 15) is 13.2 Å². The largest absolute Gasteiger partial charge is 0.405 e. The van der Waals surface area contributed by atoms with E-state index in [4.69, 9.17) is 10.5 Å². The Hall–Kier alpha value is -0.330.